The van der Waals surface area contributed by atoms with Gasteiger partial charge in [-0.15, -0.1) is 0 Å². The van der Waals surface area contributed by atoms with Crippen molar-refractivity contribution < 1.29 is 4.74 Å². The molecular formula is C25H46OSiSn. The van der Waals surface area contributed by atoms with Gasteiger partial charge < -0.3 is 0 Å². The summed E-state index contributed by atoms with van der Waals surface area (Å²) in [6.45, 7) is 14.6. The Morgan fingerprint density at radius 2 is 1.36 bits per heavy atom. The third kappa shape index (κ3) is 8.35. The van der Waals surface area contributed by atoms with Crippen LogP contribution in [0.5, 0.6) is 0 Å². The van der Waals surface area contributed by atoms with Gasteiger partial charge in [0, 0.05) is 0 Å². The van der Waals surface area contributed by atoms with Gasteiger partial charge in [-0.25, -0.2) is 0 Å². The van der Waals surface area contributed by atoms with Crippen molar-refractivity contribution in [3.05, 3.63) is 45.2 Å². The van der Waals surface area contributed by atoms with Crippen LogP contribution < -0.4 is 0 Å². The summed E-state index contributed by atoms with van der Waals surface area (Å²) in [5, 5.41) is 0. The molecule has 1 aromatic rings. The Kier molecular flexibility index (Phi) is 12.3. The Hall–Kier alpha value is -0.0644. The average molecular weight is 509 g/mol. The van der Waals surface area contributed by atoms with Gasteiger partial charge in [-0.2, -0.15) is 0 Å². The van der Waals surface area contributed by atoms with E-state index in [2.05, 4.69) is 76.4 Å². The molecule has 1 rings (SSSR count). The number of hydrogen-bond donors (Lipinski definition) is 0. The van der Waals surface area contributed by atoms with E-state index in [9.17, 15) is 0 Å². The summed E-state index contributed by atoms with van der Waals surface area (Å²) in [5.74, 6) is 0. The molecule has 0 fully saturated rings. The predicted octanol–water partition coefficient (Wildman–Crippen LogP) is 8.57. The van der Waals surface area contributed by atoms with E-state index in [0.717, 1.165) is 0 Å². The molecule has 0 saturated carbocycles. The van der Waals surface area contributed by atoms with E-state index in [4.69, 9.17) is 4.74 Å². The second-order valence-electron chi connectivity index (χ2n) is 9.58. The van der Waals surface area contributed by atoms with Crippen molar-refractivity contribution in [2.24, 2.45) is 0 Å². The monoisotopic (exact) mass is 510 g/mol. The van der Waals surface area contributed by atoms with E-state index in [1.807, 2.05) is 7.11 Å². The zero-order chi connectivity index (χ0) is 21.0. The molecule has 1 atom stereocenters. The maximum absolute atomic E-state index is 6.30. The summed E-state index contributed by atoms with van der Waals surface area (Å²) in [6.07, 6.45) is 8.34. The first-order chi connectivity index (χ1) is 13.3. The van der Waals surface area contributed by atoms with Crippen LogP contribution in [-0.4, -0.2) is 33.6 Å². The molecule has 1 aromatic carbocycles. The summed E-state index contributed by atoms with van der Waals surface area (Å²) in [4.78, 5) is 0. The Morgan fingerprint density at radius 1 is 0.893 bits per heavy atom. The Bertz CT molecular complexity index is 540. The summed E-state index contributed by atoms with van der Waals surface area (Å²) in [5.41, 5.74) is 4.14. The van der Waals surface area contributed by atoms with E-state index in [1.165, 1.54) is 57.4 Å². The first-order valence-corrected chi connectivity index (χ1v) is 22.7. The van der Waals surface area contributed by atoms with Crippen molar-refractivity contribution in [1.82, 2.24) is 0 Å². The molecule has 0 heterocycles. The number of benzene rings is 1. The molecule has 0 saturated heterocycles. The van der Waals surface area contributed by atoms with Crippen LogP contribution in [0.4, 0.5) is 0 Å². The van der Waals surface area contributed by atoms with Crippen LogP contribution in [-0.2, 0) is 4.74 Å². The topological polar surface area (TPSA) is 9.23 Å². The molecule has 0 radical (unpaired) electrons. The van der Waals surface area contributed by atoms with Gasteiger partial charge in [0.25, 0.3) is 0 Å². The van der Waals surface area contributed by atoms with E-state index >= 15 is 0 Å². The third-order valence-corrected chi connectivity index (χ3v) is 23.7. The molecule has 1 nitrogen and oxygen atoms in total. The summed E-state index contributed by atoms with van der Waals surface area (Å²) < 4.78 is 12.6. The predicted molar refractivity (Wildman–Crippen MR) is 133 cm³/mol. The van der Waals surface area contributed by atoms with Crippen molar-refractivity contribution >= 4 is 26.5 Å². The fourth-order valence-corrected chi connectivity index (χ4v) is 28.0. The maximum atomic E-state index is 6.30. The van der Waals surface area contributed by atoms with Gasteiger partial charge in [-0.1, -0.05) is 0 Å². The number of ether oxygens (including phenoxy) is 1. The van der Waals surface area contributed by atoms with Crippen LogP contribution in [0.15, 0.2) is 39.6 Å². The van der Waals surface area contributed by atoms with Gasteiger partial charge in [0.15, 0.2) is 0 Å². The van der Waals surface area contributed by atoms with Crippen molar-refractivity contribution in [2.45, 2.75) is 98.4 Å². The van der Waals surface area contributed by atoms with Crippen molar-refractivity contribution in [2.75, 3.05) is 7.11 Å². The van der Waals surface area contributed by atoms with Crippen LogP contribution in [0, 0.1) is 0 Å². The van der Waals surface area contributed by atoms with Crippen LogP contribution in [0.2, 0.25) is 33.0 Å². The molecule has 0 bridgehead atoms. The second-order valence-corrected chi connectivity index (χ2v) is 27.8. The summed E-state index contributed by atoms with van der Waals surface area (Å²) >= 11 is -2.55. The van der Waals surface area contributed by atoms with Gasteiger partial charge in [0.1, 0.15) is 0 Å². The molecule has 160 valence electrons. The van der Waals surface area contributed by atoms with Gasteiger partial charge >= 0.3 is 182 Å². The van der Waals surface area contributed by atoms with E-state index in [1.54, 1.807) is 3.59 Å². The standard InChI is InChI=1S/C13H19OSi.3C4H9.Sn/c1-14-13(10-11-15(2,3)4)12-8-6-5-7-9-12;3*1-3-4-2;/h5-9,11,13H,1-4H3;3*1,3-4H2,2H3;. The fourth-order valence-electron chi connectivity index (χ4n) is 4.40. The molecule has 0 aliphatic carbocycles. The molecular weight excluding hydrogens is 463 g/mol. The number of rotatable bonds is 14. The second kappa shape index (κ2) is 13.3. The molecule has 0 spiro atoms. The molecule has 0 aliphatic rings. The molecule has 1 unspecified atom stereocenters. The quantitative estimate of drug-likeness (QED) is 0.228. The van der Waals surface area contributed by atoms with E-state index in [0.29, 0.717) is 0 Å². The zero-order valence-electron chi connectivity index (χ0n) is 19.8. The fraction of sp³-hybridized carbons (Fsp3) is 0.680. The number of unbranched alkanes of at least 4 members (excludes halogenated alkanes) is 3. The van der Waals surface area contributed by atoms with Crippen molar-refractivity contribution in [1.29, 1.82) is 0 Å². The molecule has 0 amide bonds. The van der Waals surface area contributed by atoms with Crippen LogP contribution in [0.25, 0.3) is 0 Å². The minimum absolute atomic E-state index is 0.175. The molecule has 0 N–H and O–H groups in total. The average Bonchev–Trinajstić information content (AvgIpc) is 2.67. The van der Waals surface area contributed by atoms with Gasteiger partial charge in [-0.3, -0.25) is 0 Å². The minimum atomic E-state index is -2.55. The van der Waals surface area contributed by atoms with Crippen molar-refractivity contribution in [3.63, 3.8) is 0 Å². The Morgan fingerprint density at radius 3 is 1.71 bits per heavy atom. The third-order valence-electron chi connectivity index (χ3n) is 5.85. The normalized spacial score (nSPS) is 14.3. The summed E-state index contributed by atoms with van der Waals surface area (Å²) in [7, 11) is 0.587. The Labute approximate surface area is 181 Å². The van der Waals surface area contributed by atoms with Gasteiger partial charge in [0.2, 0.25) is 0 Å². The number of methoxy groups -OCH3 is 1. The van der Waals surface area contributed by atoms with Crippen LogP contribution in [0.3, 0.4) is 0 Å². The first-order valence-electron chi connectivity index (χ1n) is 11.6. The Balaban J connectivity index is 3.57. The molecule has 0 aliphatic heterocycles. The van der Waals surface area contributed by atoms with E-state index < -0.39 is 26.5 Å². The summed E-state index contributed by atoms with van der Waals surface area (Å²) in [6, 6.07) is 11.0. The molecule has 0 aromatic heterocycles. The molecule has 3 heteroatoms. The van der Waals surface area contributed by atoms with Crippen LogP contribution in [0.1, 0.15) is 71.0 Å². The number of hydrogen-bond acceptors (Lipinski definition) is 1. The SMILES string of the molecule is CCC[CH2][Sn]([CH2]CCC)([CH2]CCC)/[C](=C\[Si](C)(C)C)C(OC)c1ccccc1. The van der Waals surface area contributed by atoms with Gasteiger partial charge in [-0.05, 0) is 0 Å². The zero-order valence-corrected chi connectivity index (χ0v) is 23.7. The van der Waals surface area contributed by atoms with Crippen molar-refractivity contribution in [3.8, 4) is 0 Å². The van der Waals surface area contributed by atoms with E-state index in [-0.39, 0.29) is 6.10 Å². The molecule has 28 heavy (non-hydrogen) atoms. The van der Waals surface area contributed by atoms with Gasteiger partial charge in [0.05, 0.1) is 0 Å². The van der Waals surface area contributed by atoms with Crippen LogP contribution >= 0.6 is 0 Å². The first kappa shape index (κ1) is 26.0.